The molecule has 0 saturated heterocycles. The predicted octanol–water partition coefficient (Wildman–Crippen LogP) is 4.15. The fraction of sp³-hybridized carbons (Fsp3) is 0.148. The molecular weight excluding hydrogens is 445 g/mol. The minimum atomic E-state index is -0.443. The van der Waals surface area contributed by atoms with Crippen LogP contribution in [0, 0.1) is 17.1 Å². The molecule has 8 heteroatoms. The molecular formula is C27H24FN5O2. The summed E-state index contributed by atoms with van der Waals surface area (Å²) in [4.78, 5) is 28.7. The molecule has 0 fully saturated rings. The number of carbonyl (C=O) groups is 2. The molecule has 0 saturated carbocycles. The molecule has 0 aromatic heterocycles. The van der Waals surface area contributed by atoms with Gasteiger partial charge in [-0.05, 0) is 56.1 Å². The number of anilines is 3. The van der Waals surface area contributed by atoms with Crippen molar-refractivity contribution in [2.45, 2.75) is 0 Å². The monoisotopic (exact) mass is 469 g/mol. The summed E-state index contributed by atoms with van der Waals surface area (Å²) < 4.78 is 13.8. The molecule has 35 heavy (non-hydrogen) atoms. The van der Waals surface area contributed by atoms with Gasteiger partial charge in [-0.1, -0.05) is 30.3 Å². The molecule has 1 aliphatic rings. The van der Waals surface area contributed by atoms with Gasteiger partial charge >= 0.3 is 0 Å². The second-order valence-electron chi connectivity index (χ2n) is 8.42. The molecule has 3 aromatic carbocycles. The van der Waals surface area contributed by atoms with Crippen molar-refractivity contribution in [3.05, 3.63) is 89.2 Å². The molecule has 4 rings (SSSR count). The molecule has 0 aliphatic carbocycles. The third-order valence-corrected chi connectivity index (χ3v) is 5.61. The van der Waals surface area contributed by atoms with Gasteiger partial charge in [0.15, 0.2) is 0 Å². The van der Waals surface area contributed by atoms with Gasteiger partial charge in [0, 0.05) is 18.3 Å². The Morgan fingerprint density at radius 1 is 1.06 bits per heavy atom. The highest BCUT2D eigenvalue weighted by atomic mass is 19.1. The van der Waals surface area contributed by atoms with E-state index in [0.29, 0.717) is 39.5 Å². The Kier molecular flexibility index (Phi) is 6.62. The summed E-state index contributed by atoms with van der Waals surface area (Å²) in [5, 5.41) is 15.8. The van der Waals surface area contributed by atoms with Crippen LogP contribution in [0.25, 0.3) is 11.3 Å². The first-order chi connectivity index (χ1) is 16.8. The second-order valence-corrected chi connectivity index (χ2v) is 8.42. The number of halogens is 1. The van der Waals surface area contributed by atoms with E-state index < -0.39 is 5.82 Å². The number of nitriles is 1. The van der Waals surface area contributed by atoms with Gasteiger partial charge in [-0.15, -0.1) is 0 Å². The number of nitrogens with zero attached hydrogens (tertiary/aromatic N) is 3. The Labute approximate surface area is 203 Å². The fourth-order valence-corrected chi connectivity index (χ4v) is 3.93. The first-order valence-electron chi connectivity index (χ1n) is 10.9. The third-order valence-electron chi connectivity index (χ3n) is 5.61. The zero-order valence-electron chi connectivity index (χ0n) is 19.6. The Morgan fingerprint density at radius 3 is 2.49 bits per heavy atom. The van der Waals surface area contributed by atoms with E-state index in [0.717, 1.165) is 5.56 Å². The lowest BCUT2D eigenvalue weighted by atomic mass is 10.00. The van der Waals surface area contributed by atoms with E-state index in [1.54, 1.807) is 50.3 Å². The molecule has 1 aliphatic heterocycles. The summed E-state index contributed by atoms with van der Waals surface area (Å²) in [6.07, 6.45) is 0. The maximum Gasteiger partial charge on any atom is 0.258 e. The normalized spacial score (nSPS) is 13.7. The number of benzene rings is 3. The van der Waals surface area contributed by atoms with Crippen molar-refractivity contribution in [1.82, 2.24) is 4.90 Å². The quantitative estimate of drug-likeness (QED) is 0.530. The first kappa shape index (κ1) is 23.7. The van der Waals surface area contributed by atoms with Crippen LogP contribution in [0.5, 0.6) is 0 Å². The minimum Gasteiger partial charge on any atom is -0.354 e. The van der Waals surface area contributed by atoms with Crippen LogP contribution in [0.4, 0.5) is 21.5 Å². The van der Waals surface area contributed by atoms with E-state index >= 15 is 0 Å². The zero-order chi connectivity index (χ0) is 25.1. The molecule has 0 bridgehead atoms. The van der Waals surface area contributed by atoms with Crippen molar-refractivity contribution >= 4 is 40.1 Å². The van der Waals surface area contributed by atoms with Crippen molar-refractivity contribution in [3.8, 4) is 6.07 Å². The molecule has 3 aromatic rings. The van der Waals surface area contributed by atoms with Crippen molar-refractivity contribution in [2.75, 3.05) is 43.2 Å². The van der Waals surface area contributed by atoms with Crippen LogP contribution in [0.2, 0.25) is 0 Å². The maximum atomic E-state index is 13.8. The van der Waals surface area contributed by atoms with Gasteiger partial charge in [-0.25, -0.2) is 4.39 Å². The van der Waals surface area contributed by atoms with E-state index in [1.807, 2.05) is 30.3 Å². The van der Waals surface area contributed by atoms with Crippen LogP contribution in [0.3, 0.4) is 0 Å². The Morgan fingerprint density at radius 2 is 1.80 bits per heavy atom. The van der Waals surface area contributed by atoms with E-state index in [4.69, 9.17) is 0 Å². The lowest BCUT2D eigenvalue weighted by Crippen LogP contribution is -2.35. The minimum absolute atomic E-state index is 0.147. The van der Waals surface area contributed by atoms with Gasteiger partial charge in [0.1, 0.15) is 11.9 Å². The van der Waals surface area contributed by atoms with Gasteiger partial charge in [-0.2, -0.15) is 5.26 Å². The number of amides is 2. The van der Waals surface area contributed by atoms with Crippen LogP contribution in [0.15, 0.2) is 66.7 Å². The van der Waals surface area contributed by atoms with Gasteiger partial charge in [0.25, 0.3) is 5.91 Å². The summed E-state index contributed by atoms with van der Waals surface area (Å²) >= 11 is 0. The van der Waals surface area contributed by atoms with Crippen molar-refractivity contribution in [2.24, 2.45) is 0 Å². The number of hydrogen-bond donors (Lipinski definition) is 2. The molecule has 0 spiro atoms. The summed E-state index contributed by atoms with van der Waals surface area (Å²) in [7, 11) is 5.23. The van der Waals surface area contributed by atoms with Crippen LogP contribution in [-0.2, 0) is 9.59 Å². The highest BCUT2D eigenvalue weighted by molar-refractivity contribution is 6.37. The van der Waals surface area contributed by atoms with Gasteiger partial charge in [0.2, 0.25) is 5.91 Å². The molecule has 0 radical (unpaired) electrons. The highest BCUT2D eigenvalue weighted by Crippen LogP contribution is 2.38. The molecule has 1 heterocycles. The molecule has 7 nitrogen and oxygen atoms in total. The third kappa shape index (κ3) is 4.90. The highest BCUT2D eigenvalue weighted by Gasteiger charge is 2.29. The van der Waals surface area contributed by atoms with Crippen molar-refractivity contribution in [3.63, 3.8) is 0 Å². The lowest BCUT2D eigenvalue weighted by molar-refractivity contribution is -0.119. The van der Waals surface area contributed by atoms with Crippen molar-refractivity contribution < 1.29 is 14.0 Å². The van der Waals surface area contributed by atoms with Gasteiger partial charge in [0.05, 0.1) is 34.8 Å². The summed E-state index contributed by atoms with van der Waals surface area (Å²) in [5.74, 6) is -0.949. The predicted molar refractivity (Wildman–Crippen MR) is 135 cm³/mol. The van der Waals surface area contributed by atoms with E-state index in [-0.39, 0.29) is 18.4 Å². The lowest BCUT2D eigenvalue weighted by Gasteiger charge is -2.22. The zero-order valence-corrected chi connectivity index (χ0v) is 19.6. The first-order valence-corrected chi connectivity index (χ1v) is 10.9. The molecule has 0 atom stereocenters. The average Bonchev–Trinajstić information content (AvgIpc) is 3.16. The molecule has 2 N–H and O–H groups in total. The van der Waals surface area contributed by atoms with Crippen LogP contribution >= 0.6 is 0 Å². The Bertz CT molecular complexity index is 1380. The summed E-state index contributed by atoms with van der Waals surface area (Å²) in [5.41, 5.74) is 3.96. The second kappa shape index (κ2) is 9.79. The van der Waals surface area contributed by atoms with E-state index in [2.05, 4.69) is 16.7 Å². The van der Waals surface area contributed by atoms with Gasteiger partial charge < -0.3 is 20.4 Å². The Balaban J connectivity index is 1.78. The smallest absolute Gasteiger partial charge is 0.258 e. The Hall–Kier alpha value is -4.48. The van der Waals surface area contributed by atoms with Gasteiger partial charge in [-0.3, -0.25) is 9.59 Å². The molecule has 2 amide bonds. The topological polar surface area (TPSA) is 88.5 Å². The largest absolute Gasteiger partial charge is 0.354 e. The maximum absolute atomic E-state index is 13.8. The van der Waals surface area contributed by atoms with Crippen LogP contribution in [-0.4, -0.2) is 44.4 Å². The average molecular weight is 470 g/mol. The summed E-state index contributed by atoms with van der Waals surface area (Å²) in [6.45, 7) is 0.209. The van der Waals surface area contributed by atoms with Crippen molar-refractivity contribution in [1.29, 1.82) is 5.26 Å². The standard InChI is InChI=1S/C27H24FN5O2/c1-32(2)16-24(34)33(3)23-12-10-20(13-18(23)15-29)30-26(17-7-5-4-6-8-17)25-21-11-9-19(28)14-22(21)31-27(25)35/h4-14,30H,16H2,1-3H3,(H,31,35). The van der Waals surface area contributed by atoms with E-state index in [9.17, 15) is 19.2 Å². The van der Waals surface area contributed by atoms with E-state index in [1.165, 1.54) is 17.0 Å². The number of fused-ring (bicyclic) bond motifs is 1. The van der Waals surface area contributed by atoms with Crippen LogP contribution < -0.4 is 15.5 Å². The molecule has 176 valence electrons. The molecule has 0 unspecified atom stereocenters. The SMILES string of the molecule is CN(C)CC(=O)N(C)c1ccc(NC(=C2C(=O)Nc3cc(F)ccc32)c2ccccc2)cc1C#N. The number of likely N-dealkylation sites (N-methyl/N-ethyl adjacent to an activating group) is 2. The fourth-order valence-electron chi connectivity index (χ4n) is 3.93. The van der Waals surface area contributed by atoms with Crippen LogP contribution in [0.1, 0.15) is 16.7 Å². The number of carbonyl (C=O) groups excluding carboxylic acids is 2. The number of rotatable bonds is 6. The number of hydrogen-bond acceptors (Lipinski definition) is 5. The number of nitrogens with one attached hydrogen (secondary N) is 2. The summed E-state index contributed by atoms with van der Waals surface area (Å²) in [6, 6.07) is 20.7.